The standard InChI is InChI=1S/C7H12N2O5S/c1-2-14-7(11)5(4-15)8-6(10)3-9(12)13/h5,15H,2-4H2,1H3,(H,8,10)/t5-/m0/s1. The Morgan fingerprint density at radius 1 is 1.60 bits per heavy atom. The monoisotopic (exact) mass is 236 g/mol. The van der Waals surface area contributed by atoms with Crippen molar-refractivity contribution in [3.05, 3.63) is 10.1 Å². The first-order chi connectivity index (χ1) is 7.01. The van der Waals surface area contributed by atoms with Crippen molar-refractivity contribution in [2.24, 2.45) is 0 Å². The predicted molar refractivity (Wildman–Crippen MR) is 54.3 cm³/mol. The van der Waals surface area contributed by atoms with E-state index in [1.807, 2.05) is 0 Å². The molecule has 1 N–H and O–H groups in total. The fourth-order valence-electron chi connectivity index (χ4n) is 0.779. The van der Waals surface area contributed by atoms with Gasteiger partial charge in [0.25, 0.3) is 12.5 Å². The lowest BCUT2D eigenvalue weighted by Crippen LogP contribution is -2.45. The van der Waals surface area contributed by atoms with Crippen molar-refractivity contribution in [2.45, 2.75) is 13.0 Å². The minimum Gasteiger partial charge on any atom is -0.464 e. The van der Waals surface area contributed by atoms with Gasteiger partial charge in [0.2, 0.25) is 0 Å². The van der Waals surface area contributed by atoms with Crippen molar-refractivity contribution in [3.63, 3.8) is 0 Å². The van der Waals surface area contributed by atoms with Gasteiger partial charge in [-0.15, -0.1) is 0 Å². The Morgan fingerprint density at radius 3 is 2.60 bits per heavy atom. The van der Waals surface area contributed by atoms with E-state index in [-0.39, 0.29) is 12.4 Å². The maximum absolute atomic E-state index is 11.1. The van der Waals surface area contributed by atoms with Crippen LogP contribution in [0.2, 0.25) is 0 Å². The Hall–Kier alpha value is -1.31. The van der Waals surface area contributed by atoms with Gasteiger partial charge >= 0.3 is 5.97 Å². The molecule has 15 heavy (non-hydrogen) atoms. The van der Waals surface area contributed by atoms with Crippen LogP contribution in [-0.4, -0.2) is 41.7 Å². The molecule has 0 aromatic carbocycles. The van der Waals surface area contributed by atoms with E-state index in [2.05, 4.69) is 22.7 Å². The highest BCUT2D eigenvalue weighted by Crippen LogP contribution is 1.93. The van der Waals surface area contributed by atoms with Crippen molar-refractivity contribution in [3.8, 4) is 0 Å². The number of carbonyl (C=O) groups excluding carboxylic acids is 2. The van der Waals surface area contributed by atoms with E-state index < -0.39 is 29.4 Å². The largest absolute Gasteiger partial charge is 0.464 e. The summed E-state index contributed by atoms with van der Waals surface area (Å²) in [5.74, 6) is -1.46. The third kappa shape index (κ3) is 5.89. The number of nitrogens with one attached hydrogen (secondary N) is 1. The molecule has 0 unspecified atom stereocenters. The van der Waals surface area contributed by atoms with E-state index in [9.17, 15) is 19.7 Å². The minimum atomic E-state index is -0.944. The van der Waals surface area contributed by atoms with Gasteiger partial charge in [-0.3, -0.25) is 14.9 Å². The summed E-state index contributed by atoms with van der Waals surface area (Å²) in [5, 5.41) is 12.1. The lowest BCUT2D eigenvalue weighted by atomic mass is 10.3. The first-order valence-corrected chi connectivity index (χ1v) is 4.83. The quantitative estimate of drug-likeness (QED) is 0.273. The molecule has 0 saturated carbocycles. The number of thiol groups is 1. The molecule has 0 rings (SSSR count). The second-order valence-corrected chi connectivity index (χ2v) is 2.91. The molecule has 0 radical (unpaired) electrons. The Labute approximate surface area is 91.7 Å². The second-order valence-electron chi connectivity index (χ2n) is 2.55. The van der Waals surface area contributed by atoms with Crippen LogP contribution in [0, 0.1) is 10.1 Å². The number of esters is 1. The zero-order valence-electron chi connectivity index (χ0n) is 8.13. The molecule has 1 atom stereocenters. The van der Waals surface area contributed by atoms with Crippen molar-refractivity contribution in [1.82, 2.24) is 5.32 Å². The summed E-state index contributed by atoms with van der Waals surface area (Å²) in [6.07, 6.45) is 0. The summed E-state index contributed by atoms with van der Waals surface area (Å²) in [6.45, 7) is 0.921. The van der Waals surface area contributed by atoms with Crippen LogP contribution >= 0.6 is 12.6 Å². The minimum absolute atomic E-state index is 0.0300. The lowest BCUT2D eigenvalue weighted by molar-refractivity contribution is -0.467. The van der Waals surface area contributed by atoms with Crippen LogP contribution in [0.1, 0.15) is 6.92 Å². The van der Waals surface area contributed by atoms with Crippen LogP contribution in [-0.2, 0) is 14.3 Å². The zero-order valence-corrected chi connectivity index (χ0v) is 9.03. The van der Waals surface area contributed by atoms with Crippen LogP contribution < -0.4 is 5.32 Å². The third-order valence-electron chi connectivity index (χ3n) is 1.36. The van der Waals surface area contributed by atoms with Crippen molar-refractivity contribution < 1.29 is 19.2 Å². The van der Waals surface area contributed by atoms with E-state index >= 15 is 0 Å². The summed E-state index contributed by atoms with van der Waals surface area (Å²) in [7, 11) is 0. The molecule has 0 spiro atoms. The predicted octanol–water partition coefficient (Wildman–Crippen LogP) is -0.759. The number of rotatable bonds is 6. The van der Waals surface area contributed by atoms with Gasteiger partial charge < -0.3 is 10.1 Å². The fraction of sp³-hybridized carbons (Fsp3) is 0.714. The molecule has 0 aromatic heterocycles. The lowest BCUT2D eigenvalue weighted by Gasteiger charge is -2.13. The number of carbonyl (C=O) groups is 2. The molecule has 1 amide bonds. The average molecular weight is 236 g/mol. The third-order valence-corrected chi connectivity index (χ3v) is 1.73. The van der Waals surface area contributed by atoms with Crippen molar-refractivity contribution in [2.75, 3.05) is 18.9 Å². The molecule has 86 valence electrons. The van der Waals surface area contributed by atoms with Gasteiger partial charge in [0, 0.05) is 10.7 Å². The van der Waals surface area contributed by atoms with Gasteiger partial charge in [-0.25, -0.2) is 4.79 Å². The summed E-state index contributed by atoms with van der Waals surface area (Å²) in [4.78, 5) is 31.3. The highest BCUT2D eigenvalue weighted by molar-refractivity contribution is 7.80. The van der Waals surface area contributed by atoms with Crippen LogP contribution in [0.5, 0.6) is 0 Å². The molecule has 0 fully saturated rings. The summed E-state index contributed by atoms with van der Waals surface area (Å²) in [5.41, 5.74) is 0. The van der Waals surface area contributed by atoms with E-state index in [0.29, 0.717) is 0 Å². The maximum atomic E-state index is 11.1. The van der Waals surface area contributed by atoms with Crippen LogP contribution in [0.3, 0.4) is 0 Å². The Balaban J connectivity index is 4.14. The number of nitrogens with zero attached hydrogens (tertiary/aromatic N) is 1. The molecule has 0 bridgehead atoms. The first-order valence-electron chi connectivity index (χ1n) is 4.19. The zero-order chi connectivity index (χ0) is 11.8. The van der Waals surface area contributed by atoms with E-state index in [4.69, 9.17) is 0 Å². The molecule has 0 saturated heterocycles. The normalized spacial score (nSPS) is 11.6. The number of amides is 1. The van der Waals surface area contributed by atoms with E-state index in [1.54, 1.807) is 6.92 Å². The Bertz CT molecular complexity index is 258. The van der Waals surface area contributed by atoms with Crippen LogP contribution in [0.15, 0.2) is 0 Å². The van der Waals surface area contributed by atoms with Crippen LogP contribution in [0.4, 0.5) is 0 Å². The molecule has 0 heterocycles. The average Bonchev–Trinajstić information content (AvgIpc) is 2.13. The Kier molecular flexibility index (Phi) is 6.43. The van der Waals surface area contributed by atoms with Gasteiger partial charge in [-0.1, -0.05) is 0 Å². The SMILES string of the molecule is CCOC(=O)[C@H](CS)NC(=O)C[N+](=O)[O-]. The summed E-state index contributed by atoms with van der Waals surface area (Å²) < 4.78 is 4.63. The second kappa shape index (κ2) is 7.04. The van der Waals surface area contributed by atoms with Gasteiger partial charge in [0.1, 0.15) is 6.04 Å². The molecule has 0 aliphatic carbocycles. The van der Waals surface area contributed by atoms with Crippen molar-refractivity contribution in [1.29, 1.82) is 0 Å². The van der Waals surface area contributed by atoms with E-state index in [0.717, 1.165) is 0 Å². The molecule has 0 aliphatic heterocycles. The molecule has 0 aliphatic rings. The number of hydrogen-bond donors (Lipinski definition) is 2. The molecule has 8 heteroatoms. The van der Waals surface area contributed by atoms with Gasteiger partial charge in [0.05, 0.1) is 6.61 Å². The smallest absolute Gasteiger partial charge is 0.329 e. The van der Waals surface area contributed by atoms with Gasteiger partial charge in [0.15, 0.2) is 0 Å². The molecule has 0 aromatic rings. The van der Waals surface area contributed by atoms with Crippen molar-refractivity contribution >= 4 is 24.5 Å². The molecular weight excluding hydrogens is 224 g/mol. The Morgan fingerprint density at radius 2 is 2.20 bits per heavy atom. The highest BCUT2D eigenvalue weighted by atomic mass is 32.1. The maximum Gasteiger partial charge on any atom is 0.329 e. The first kappa shape index (κ1) is 13.7. The topological polar surface area (TPSA) is 98.5 Å². The van der Waals surface area contributed by atoms with Gasteiger partial charge in [-0.2, -0.15) is 12.6 Å². The summed E-state index contributed by atoms with van der Waals surface area (Å²) in [6, 6.07) is -0.944. The number of ether oxygens (including phenoxy) is 1. The molecular formula is C7H12N2O5S. The van der Waals surface area contributed by atoms with Gasteiger partial charge in [-0.05, 0) is 6.92 Å². The molecule has 7 nitrogen and oxygen atoms in total. The number of nitro groups is 1. The van der Waals surface area contributed by atoms with E-state index in [1.165, 1.54) is 0 Å². The number of hydrogen-bond acceptors (Lipinski definition) is 6. The van der Waals surface area contributed by atoms with Crippen LogP contribution in [0.25, 0.3) is 0 Å². The highest BCUT2D eigenvalue weighted by Gasteiger charge is 2.22. The summed E-state index contributed by atoms with van der Waals surface area (Å²) >= 11 is 3.83. The fourth-order valence-corrected chi connectivity index (χ4v) is 1.02.